The molecule has 0 saturated carbocycles. The molecule has 1 aliphatic rings. The quantitative estimate of drug-likeness (QED) is 0.683. The summed E-state index contributed by atoms with van der Waals surface area (Å²) < 4.78 is 44.9. The maximum Gasteiger partial charge on any atom is 0.449 e. The monoisotopic (exact) mass is 385 g/mol. The van der Waals surface area contributed by atoms with E-state index in [0.717, 1.165) is 25.9 Å². The fraction of sp³-hybridized carbons (Fsp3) is 0.412. The first kappa shape index (κ1) is 17.4. The van der Waals surface area contributed by atoms with Crippen LogP contribution < -0.4 is 5.43 Å². The van der Waals surface area contributed by atoms with Crippen molar-refractivity contribution in [3.8, 4) is 0 Å². The number of H-pyrrole nitrogens is 1. The van der Waals surface area contributed by atoms with Gasteiger partial charge in [-0.2, -0.15) is 13.2 Å². The molecular weight excluding hydrogens is 371 g/mol. The fourth-order valence-electron chi connectivity index (χ4n) is 3.38. The predicted octanol–water partition coefficient (Wildman–Crippen LogP) is 4.15. The van der Waals surface area contributed by atoms with Crippen LogP contribution in [0.2, 0.25) is 5.02 Å². The number of imidazole rings is 1. The maximum atomic E-state index is 13.0. The second-order valence-electron chi connectivity index (χ2n) is 6.63. The Morgan fingerprint density at radius 1 is 1.31 bits per heavy atom. The zero-order chi connectivity index (χ0) is 18.6. The molecule has 5 nitrogen and oxygen atoms in total. The highest BCUT2D eigenvalue weighted by atomic mass is 35.5. The number of alkyl halides is 3. The number of fused-ring (bicyclic) bond motifs is 3. The lowest BCUT2D eigenvalue weighted by Crippen LogP contribution is -2.29. The van der Waals surface area contributed by atoms with Crippen LogP contribution in [-0.4, -0.2) is 35.0 Å². The van der Waals surface area contributed by atoms with Gasteiger partial charge in [0.05, 0.1) is 10.4 Å². The number of likely N-dealkylation sites (tertiary alicyclic amines) is 1. The van der Waals surface area contributed by atoms with E-state index in [9.17, 15) is 18.0 Å². The summed E-state index contributed by atoms with van der Waals surface area (Å²) in [5, 5.41) is 0.107. The molecule has 0 bridgehead atoms. The number of benzene rings is 1. The molecule has 0 radical (unpaired) electrons. The lowest BCUT2D eigenvalue weighted by molar-refractivity contribution is -0.144. The van der Waals surface area contributed by atoms with Gasteiger partial charge in [-0.1, -0.05) is 11.6 Å². The summed E-state index contributed by atoms with van der Waals surface area (Å²) in [6.45, 7) is 1.73. The van der Waals surface area contributed by atoms with Crippen LogP contribution in [-0.2, 0) is 6.18 Å². The molecule has 0 spiro atoms. The molecule has 2 aromatic heterocycles. The molecule has 1 fully saturated rings. The molecule has 9 heteroatoms. The third-order valence-electron chi connectivity index (χ3n) is 4.82. The number of aromatic amines is 1. The average molecular weight is 386 g/mol. The number of nitrogens with zero attached hydrogens (tertiary/aromatic N) is 2. The Morgan fingerprint density at radius 3 is 2.65 bits per heavy atom. The smallest absolute Gasteiger partial charge is 0.449 e. The fourth-order valence-corrected chi connectivity index (χ4v) is 3.62. The van der Waals surface area contributed by atoms with Crippen LogP contribution in [0.25, 0.3) is 22.0 Å². The number of piperidine rings is 1. The van der Waals surface area contributed by atoms with Gasteiger partial charge in [0.15, 0.2) is 11.0 Å². The summed E-state index contributed by atoms with van der Waals surface area (Å²) in [6.07, 6.45) is -3.02. The van der Waals surface area contributed by atoms with Crippen molar-refractivity contribution in [2.24, 2.45) is 0 Å². The largest absolute Gasteiger partial charge is 0.458 e. The Hall–Kier alpha value is -2.06. The molecule has 3 aromatic rings. The van der Waals surface area contributed by atoms with Gasteiger partial charge in [-0.05, 0) is 39.0 Å². The Labute approximate surface area is 150 Å². The Kier molecular flexibility index (Phi) is 4.00. The van der Waals surface area contributed by atoms with Crippen molar-refractivity contribution in [3.05, 3.63) is 39.0 Å². The molecule has 4 rings (SSSR count). The predicted molar refractivity (Wildman–Crippen MR) is 91.6 cm³/mol. The van der Waals surface area contributed by atoms with E-state index in [1.54, 1.807) is 0 Å². The highest BCUT2D eigenvalue weighted by Gasteiger charge is 2.35. The molecule has 1 aromatic carbocycles. The van der Waals surface area contributed by atoms with Gasteiger partial charge in [0.25, 0.3) is 0 Å². The summed E-state index contributed by atoms with van der Waals surface area (Å²) in [7, 11) is 2.02. The summed E-state index contributed by atoms with van der Waals surface area (Å²) in [5.41, 5.74) is -0.331. The molecule has 1 saturated heterocycles. The van der Waals surface area contributed by atoms with Crippen LogP contribution in [0, 0.1) is 0 Å². The van der Waals surface area contributed by atoms with Gasteiger partial charge in [0, 0.05) is 12.0 Å². The zero-order valence-corrected chi connectivity index (χ0v) is 14.5. The first-order chi connectivity index (χ1) is 12.2. The minimum absolute atomic E-state index is 0.00768. The van der Waals surface area contributed by atoms with Crippen molar-refractivity contribution in [2.45, 2.75) is 24.9 Å². The number of hydrogen-bond acceptors (Lipinski definition) is 4. The van der Waals surface area contributed by atoms with Gasteiger partial charge in [0.1, 0.15) is 16.8 Å². The van der Waals surface area contributed by atoms with E-state index in [0.29, 0.717) is 5.76 Å². The normalized spacial score (nSPS) is 17.4. The summed E-state index contributed by atoms with van der Waals surface area (Å²) >= 11 is 6.04. The van der Waals surface area contributed by atoms with Gasteiger partial charge in [-0.3, -0.25) is 4.79 Å². The zero-order valence-electron chi connectivity index (χ0n) is 13.8. The van der Waals surface area contributed by atoms with Gasteiger partial charge >= 0.3 is 6.18 Å². The van der Waals surface area contributed by atoms with E-state index < -0.39 is 12.0 Å². The lowest BCUT2D eigenvalue weighted by Gasteiger charge is -2.28. The van der Waals surface area contributed by atoms with E-state index in [4.69, 9.17) is 16.0 Å². The van der Waals surface area contributed by atoms with E-state index in [-0.39, 0.29) is 38.4 Å². The molecule has 26 heavy (non-hydrogen) atoms. The van der Waals surface area contributed by atoms with Crippen molar-refractivity contribution in [2.75, 3.05) is 20.1 Å². The highest BCUT2D eigenvalue weighted by molar-refractivity contribution is 6.36. The number of nitrogens with one attached hydrogen (secondary N) is 1. The van der Waals surface area contributed by atoms with E-state index >= 15 is 0 Å². The second kappa shape index (κ2) is 5.99. The third kappa shape index (κ3) is 2.87. The SMILES string of the molecule is CN1CCC(c2cc(=O)c3cc(Cl)c4nc(C(F)(F)F)[nH]c4c3o2)CC1. The Bertz CT molecular complexity index is 1050. The minimum atomic E-state index is -4.65. The summed E-state index contributed by atoms with van der Waals surface area (Å²) in [6, 6.07) is 2.73. The molecule has 0 unspecified atom stereocenters. The second-order valence-corrected chi connectivity index (χ2v) is 7.04. The molecular formula is C17H15ClF3N3O2. The molecule has 0 amide bonds. The Morgan fingerprint density at radius 2 is 2.00 bits per heavy atom. The van der Waals surface area contributed by atoms with Crippen molar-refractivity contribution in [1.29, 1.82) is 0 Å². The van der Waals surface area contributed by atoms with E-state index in [2.05, 4.69) is 14.9 Å². The van der Waals surface area contributed by atoms with Crippen molar-refractivity contribution >= 4 is 33.6 Å². The Balaban J connectivity index is 1.93. The van der Waals surface area contributed by atoms with Gasteiger partial charge in [-0.15, -0.1) is 0 Å². The van der Waals surface area contributed by atoms with Gasteiger partial charge < -0.3 is 14.3 Å². The standard InChI is InChI=1S/C17H15ClF3N3O2/c1-24-4-2-8(3-5-24)12-7-11(25)9-6-10(18)13-14(15(9)26-12)23-16(22-13)17(19,20)21/h6-8H,2-5H2,1H3,(H,22,23). The molecule has 0 atom stereocenters. The molecule has 138 valence electrons. The van der Waals surface area contributed by atoms with Crippen LogP contribution in [0.3, 0.4) is 0 Å². The van der Waals surface area contributed by atoms with E-state index in [1.165, 1.54) is 12.1 Å². The lowest BCUT2D eigenvalue weighted by atomic mass is 9.94. The van der Waals surface area contributed by atoms with Crippen LogP contribution in [0.15, 0.2) is 21.3 Å². The van der Waals surface area contributed by atoms with Gasteiger partial charge in [-0.25, -0.2) is 4.98 Å². The number of aromatic nitrogens is 2. The topological polar surface area (TPSA) is 62.1 Å². The molecule has 1 N–H and O–H groups in total. The van der Waals surface area contributed by atoms with Crippen LogP contribution in [0.5, 0.6) is 0 Å². The minimum Gasteiger partial charge on any atom is -0.458 e. The number of rotatable bonds is 1. The first-order valence-corrected chi connectivity index (χ1v) is 8.53. The molecule has 3 heterocycles. The van der Waals surface area contributed by atoms with Crippen molar-refractivity contribution in [1.82, 2.24) is 14.9 Å². The summed E-state index contributed by atoms with van der Waals surface area (Å²) in [4.78, 5) is 20.5. The van der Waals surface area contributed by atoms with Gasteiger partial charge in [0.2, 0.25) is 5.82 Å². The maximum absolute atomic E-state index is 13.0. The number of halogens is 4. The van der Waals surface area contributed by atoms with Crippen LogP contribution >= 0.6 is 11.6 Å². The van der Waals surface area contributed by atoms with E-state index in [1.807, 2.05) is 7.05 Å². The first-order valence-electron chi connectivity index (χ1n) is 8.16. The van der Waals surface area contributed by atoms with Crippen molar-refractivity contribution < 1.29 is 17.6 Å². The molecule has 0 aliphatic carbocycles. The highest BCUT2D eigenvalue weighted by Crippen LogP contribution is 2.36. The van der Waals surface area contributed by atoms with Crippen LogP contribution in [0.1, 0.15) is 30.3 Å². The van der Waals surface area contributed by atoms with Crippen molar-refractivity contribution in [3.63, 3.8) is 0 Å². The molecule has 1 aliphatic heterocycles. The number of hydrogen-bond donors (Lipinski definition) is 1. The third-order valence-corrected chi connectivity index (χ3v) is 5.11. The average Bonchev–Trinajstić information content (AvgIpc) is 3.03. The van der Waals surface area contributed by atoms with Crippen LogP contribution in [0.4, 0.5) is 13.2 Å². The summed E-state index contributed by atoms with van der Waals surface area (Å²) in [5.74, 6) is -0.629.